The predicted molar refractivity (Wildman–Crippen MR) is 97.1 cm³/mol. The summed E-state index contributed by atoms with van der Waals surface area (Å²) in [4.78, 5) is 24.0. The zero-order valence-corrected chi connectivity index (χ0v) is 15.1. The molecule has 0 amide bonds. The minimum Gasteiger partial charge on any atom is -0.365 e. The van der Waals surface area contributed by atoms with Crippen molar-refractivity contribution in [1.82, 2.24) is 19.5 Å². The molecule has 4 rings (SSSR count). The van der Waals surface area contributed by atoms with E-state index in [1.807, 2.05) is 19.1 Å². The molecule has 2 heterocycles. The van der Waals surface area contributed by atoms with Crippen LogP contribution in [0.3, 0.4) is 0 Å². The fraction of sp³-hybridized carbons (Fsp3) is 0.368. The number of Topliss-reactive ketones (excluding diaryl/α,β-unsaturated/α-hetero) is 1. The summed E-state index contributed by atoms with van der Waals surface area (Å²) in [6.45, 7) is 2.03. The summed E-state index contributed by atoms with van der Waals surface area (Å²) >= 11 is 0. The molecule has 0 aliphatic heterocycles. The molecule has 0 bridgehead atoms. The lowest BCUT2D eigenvalue weighted by Gasteiger charge is -2.11. The molecule has 0 atom stereocenters. The van der Waals surface area contributed by atoms with Crippen LogP contribution in [0, 0.1) is 6.92 Å². The van der Waals surface area contributed by atoms with E-state index in [-0.39, 0.29) is 41.8 Å². The fourth-order valence-corrected chi connectivity index (χ4v) is 3.00. The van der Waals surface area contributed by atoms with E-state index in [0.29, 0.717) is 5.56 Å². The number of aromatic nitrogens is 4. The maximum atomic E-state index is 13.2. The van der Waals surface area contributed by atoms with E-state index in [9.17, 15) is 18.0 Å². The highest BCUT2D eigenvalue weighted by Crippen LogP contribution is 2.32. The van der Waals surface area contributed by atoms with E-state index in [1.165, 1.54) is 10.9 Å². The number of benzene rings is 1. The van der Waals surface area contributed by atoms with Crippen LogP contribution >= 0.6 is 0 Å². The second-order valence-electron chi connectivity index (χ2n) is 6.91. The van der Waals surface area contributed by atoms with Crippen LogP contribution in [0.1, 0.15) is 41.0 Å². The van der Waals surface area contributed by atoms with Crippen molar-refractivity contribution < 1.29 is 18.0 Å². The predicted octanol–water partition coefficient (Wildman–Crippen LogP) is 4.00. The van der Waals surface area contributed by atoms with Crippen molar-refractivity contribution in [1.29, 1.82) is 0 Å². The van der Waals surface area contributed by atoms with Crippen molar-refractivity contribution in [2.24, 2.45) is 0 Å². The Labute approximate surface area is 158 Å². The van der Waals surface area contributed by atoms with Gasteiger partial charge in [-0.3, -0.25) is 4.79 Å². The first-order valence-electron chi connectivity index (χ1n) is 8.98. The van der Waals surface area contributed by atoms with Crippen LogP contribution in [0.25, 0.3) is 11.2 Å². The van der Waals surface area contributed by atoms with Gasteiger partial charge in [-0.15, -0.1) is 0 Å². The SMILES string of the molecule is Cc1ccccc1C(=O)CCn1cnc2c(NC3CC3)nc(C(F)(F)F)nc21. The maximum absolute atomic E-state index is 13.2. The van der Waals surface area contributed by atoms with Gasteiger partial charge in [0.2, 0.25) is 5.82 Å². The molecule has 1 N–H and O–H groups in total. The summed E-state index contributed by atoms with van der Waals surface area (Å²) < 4.78 is 41.2. The van der Waals surface area contributed by atoms with E-state index < -0.39 is 12.0 Å². The number of rotatable bonds is 6. The third-order valence-electron chi connectivity index (χ3n) is 4.66. The fourth-order valence-electron chi connectivity index (χ4n) is 3.00. The third kappa shape index (κ3) is 3.69. The van der Waals surface area contributed by atoms with Gasteiger partial charge in [0, 0.05) is 24.6 Å². The second kappa shape index (κ2) is 6.88. The van der Waals surface area contributed by atoms with E-state index in [0.717, 1.165) is 18.4 Å². The summed E-state index contributed by atoms with van der Waals surface area (Å²) in [5.74, 6) is -1.21. The van der Waals surface area contributed by atoms with Crippen LogP contribution in [0.4, 0.5) is 19.0 Å². The number of carbonyl (C=O) groups is 1. The van der Waals surface area contributed by atoms with Crippen LogP contribution in [0.2, 0.25) is 0 Å². The number of imidazole rings is 1. The van der Waals surface area contributed by atoms with Gasteiger partial charge in [0.25, 0.3) is 0 Å². The van der Waals surface area contributed by atoms with Crippen LogP contribution < -0.4 is 5.32 Å². The van der Waals surface area contributed by atoms with Crippen molar-refractivity contribution in [2.75, 3.05) is 5.32 Å². The number of hydrogen-bond acceptors (Lipinski definition) is 5. The molecule has 146 valence electrons. The van der Waals surface area contributed by atoms with Crippen molar-refractivity contribution in [2.45, 2.75) is 44.9 Å². The molecular formula is C19H18F3N5O. The second-order valence-corrected chi connectivity index (χ2v) is 6.91. The number of nitrogens with one attached hydrogen (secondary N) is 1. The molecule has 0 unspecified atom stereocenters. The highest BCUT2D eigenvalue weighted by Gasteiger charge is 2.37. The maximum Gasteiger partial charge on any atom is 0.451 e. The average Bonchev–Trinajstić information content (AvgIpc) is 3.36. The highest BCUT2D eigenvalue weighted by atomic mass is 19.4. The van der Waals surface area contributed by atoms with Gasteiger partial charge in [-0.2, -0.15) is 13.2 Å². The Morgan fingerprint density at radius 1 is 1.25 bits per heavy atom. The number of fused-ring (bicyclic) bond motifs is 1. The molecular weight excluding hydrogens is 371 g/mol. The summed E-state index contributed by atoms with van der Waals surface area (Å²) in [5, 5.41) is 2.99. The van der Waals surface area contributed by atoms with Crippen LogP contribution in [-0.4, -0.2) is 31.3 Å². The van der Waals surface area contributed by atoms with Gasteiger partial charge in [-0.1, -0.05) is 24.3 Å². The van der Waals surface area contributed by atoms with Gasteiger partial charge in [-0.05, 0) is 25.3 Å². The Kier molecular flexibility index (Phi) is 4.52. The van der Waals surface area contributed by atoms with E-state index in [1.54, 1.807) is 12.1 Å². The Morgan fingerprint density at radius 3 is 2.68 bits per heavy atom. The minimum absolute atomic E-state index is 0.0723. The van der Waals surface area contributed by atoms with Gasteiger partial charge in [0.1, 0.15) is 5.52 Å². The Bertz CT molecular complexity index is 1040. The largest absolute Gasteiger partial charge is 0.451 e. The van der Waals surface area contributed by atoms with Crippen LogP contribution in [0.5, 0.6) is 0 Å². The lowest BCUT2D eigenvalue weighted by Crippen LogP contribution is -2.15. The van der Waals surface area contributed by atoms with Crippen molar-refractivity contribution in [3.8, 4) is 0 Å². The zero-order chi connectivity index (χ0) is 19.9. The molecule has 2 aromatic heterocycles. The van der Waals surface area contributed by atoms with Gasteiger partial charge >= 0.3 is 6.18 Å². The quantitative estimate of drug-likeness (QED) is 0.645. The van der Waals surface area contributed by atoms with Crippen LogP contribution in [0.15, 0.2) is 30.6 Å². The van der Waals surface area contributed by atoms with Crippen LogP contribution in [-0.2, 0) is 12.7 Å². The van der Waals surface area contributed by atoms with E-state index in [4.69, 9.17) is 0 Å². The molecule has 28 heavy (non-hydrogen) atoms. The minimum atomic E-state index is -4.67. The number of nitrogens with zero attached hydrogens (tertiary/aromatic N) is 4. The Balaban J connectivity index is 1.64. The molecule has 6 nitrogen and oxygen atoms in total. The summed E-state index contributed by atoms with van der Waals surface area (Å²) in [5.41, 5.74) is 1.82. The van der Waals surface area contributed by atoms with E-state index in [2.05, 4.69) is 20.3 Å². The first-order valence-corrected chi connectivity index (χ1v) is 8.98. The van der Waals surface area contributed by atoms with Gasteiger partial charge in [0.15, 0.2) is 17.2 Å². The summed E-state index contributed by atoms with van der Waals surface area (Å²) in [6, 6.07) is 7.33. The molecule has 1 fully saturated rings. The van der Waals surface area contributed by atoms with Crippen molar-refractivity contribution in [3.63, 3.8) is 0 Å². The topological polar surface area (TPSA) is 72.7 Å². The standard InChI is InChI=1S/C19H18F3N5O/c1-11-4-2-3-5-13(11)14(28)8-9-27-10-23-15-16(24-12-6-7-12)25-18(19(20,21)22)26-17(15)27/h2-5,10,12H,6-9H2,1H3,(H,24,25,26). The molecule has 1 saturated carbocycles. The Morgan fingerprint density at radius 2 is 2.00 bits per heavy atom. The number of aryl methyl sites for hydroxylation is 2. The summed E-state index contributed by atoms with van der Waals surface area (Å²) in [6.07, 6.45) is -1.35. The van der Waals surface area contributed by atoms with Gasteiger partial charge in [0.05, 0.1) is 6.33 Å². The van der Waals surface area contributed by atoms with E-state index >= 15 is 0 Å². The highest BCUT2D eigenvalue weighted by molar-refractivity contribution is 5.97. The van der Waals surface area contributed by atoms with Crippen molar-refractivity contribution in [3.05, 3.63) is 47.5 Å². The normalized spacial score (nSPS) is 14.4. The Hall–Kier alpha value is -2.97. The molecule has 1 aliphatic rings. The first-order chi connectivity index (χ1) is 13.3. The molecule has 0 radical (unpaired) electrons. The monoisotopic (exact) mass is 389 g/mol. The molecule has 9 heteroatoms. The molecule has 1 aliphatic carbocycles. The molecule has 1 aromatic carbocycles. The lowest BCUT2D eigenvalue weighted by atomic mass is 10.0. The number of alkyl halides is 3. The molecule has 0 spiro atoms. The zero-order valence-electron chi connectivity index (χ0n) is 15.1. The number of halogens is 3. The number of anilines is 1. The van der Waals surface area contributed by atoms with Gasteiger partial charge < -0.3 is 9.88 Å². The smallest absolute Gasteiger partial charge is 0.365 e. The molecule has 3 aromatic rings. The number of carbonyl (C=O) groups excluding carboxylic acids is 1. The third-order valence-corrected chi connectivity index (χ3v) is 4.66. The summed E-state index contributed by atoms with van der Waals surface area (Å²) in [7, 11) is 0. The first kappa shape index (κ1) is 18.4. The molecule has 0 saturated heterocycles. The van der Waals surface area contributed by atoms with Crippen molar-refractivity contribution >= 4 is 22.8 Å². The number of hydrogen-bond donors (Lipinski definition) is 1. The average molecular weight is 389 g/mol. The number of ketones is 1. The lowest BCUT2D eigenvalue weighted by molar-refractivity contribution is -0.144. The van der Waals surface area contributed by atoms with Gasteiger partial charge in [-0.25, -0.2) is 15.0 Å².